The summed E-state index contributed by atoms with van der Waals surface area (Å²) in [5, 5.41) is 2.98. The van der Waals surface area contributed by atoms with Gasteiger partial charge in [-0.2, -0.15) is 0 Å². The molecule has 0 radical (unpaired) electrons. The van der Waals surface area contributed by atoms with Gasteiger partial charge in [0.15, 0.2) is 0 Å². The first-order valence-corrected chi connectivity index (χ1v) is 8.48. The highest BCUT2D eigenvalue weighted by Crippen LogP contribution is 2.38. The van der Waals surface area contributed by atoms with Gasteiger partial charge in [-0.1, -0.05) is 0 Å². The van der Waals surface area contributed by atoms with Crippen LogP contribution in [0.4, 0.5) is 0 Å². The van der Waals surface area contributed by atoms with E-state index in [1.165, 1.54) is 16.2 Å². The van der Waals surface area contributed by atoms with Crippen LogP contribution >= 0.6 is 27.3 Å². The van der Waals surface area contributed by atoms with Crippen molar-refractivity contribution in [1.82, 2.24) is 10.2 Å². The number of hydrogen-bond donors (Lipinski definition) is 2. The van der Waals surface area contributed by atoms with Gasteiger partial charge in [0, 0.05) is 13.6 Å². The Morgan fingerprint density at radius 2 is 2.19 bits per heavy atom. The highest BCUT2D eigenvalue weighted by Gasteiger charge is 2.41. The molecule has 0 aromatic carbocycles. The van der Waals surface area contributed by atoms with Crippen molar-refractivity contribution in [3.63, 3.8) is 0 Å². The zero-order valence-electron chi connectivity index (χ0n) is 12.2. The number of hydrogen-bond acceptors (Lipinski definition) is 4. The van der Waals surface area contributed by atoms with E-state index in [0.717, 1.165) is 16.6 Å². The lowest BCUT2D eigenvalue weighted by Gasteiger charge is -2.30. The summed E-state index contributed by atoms with van der Waals surface area (Å²) >= 11 is 4.68. The summed E-state index contributed by atoms with van der Waals surface area (Å²) in [7, 11) is 1.63. The fraction of sp³-hybridized carbons (Fsp3) is 0.571. The number of halogens is 1. The quantitative estimate of drug-likeness (QED) is 0.798. The Bertz CT molecular complexity index is 544. The van der Waals surface area contributed by atoms with E-state index in [-0.39, 0.29) is 23.9 Å². The molecule has 0 spiro atoms. The van der Waals surface area contributed by atoms with Gasteiger partial charge in [0.1, 0.15) is 0 Å². The van der Waals surface area contributed by atoms with E-state index >= 15 is 0 Å². The second kappa shape index (κ2) is 6.46. The molecular formula is C14H20BrN3O2S. The smallest absolute Gasteiger partial charge is 0.264 e. The summed E-state index contributed by atoms with van der Waals surface area (Å²) in [4.78, 5) is 26.4. The van der Waals surface area contributed by atoms with E-state index in [1.807, 2.05) is 13.0 Å². The molecule has 2 rings (SSSR count). The molecule has 7 heteroatoms. The summed E-state index contributed by atoms with van der Waals surface area (Å²) in [5.74, 6) is 0.142. The third-order valence-electron chi connectivity index (χ3n) is 3.84. The lowest BCUT2D eigenvalue weighted by Crippen LogP contribution is -2.55. The number of amides is 2. The summed E-state index contributed by atoms with van der Waals surface area (Å²) in [6.45, 7) is 2.43. The van der Waals surface area contributed by atoms with Crippen LogP contribution in [0.2, 0.25) is 0 Å². The fourth-order valence-electron chi connectivity index (χ4n) is 2.30. The molecule has 1 atom stereocenters. The number of carbonyl (C=O) groups is 2. The Balaban J connectivity index is 1.91. The monoisotopic (exact) mass is 373 g/mol. The second-order valence-electron chi connectivity index (χ2n) is 5.71. The Hall–Kier alpha value is -0.920. The van der Waals surface area contributed by atoms with Crippen LogP contribution in [-0.4, -0.2) is 42.4 Å². The van der Waals surface area contributed by atoms with Gasteiger partial charge in [0.25, 0.3) is 5.91 Å². The average molecular weight is 374 g/mol. The van der Waals surface area contributed by atoms with Crippen LogP contribution in [0.1, 0.15) is 29.4 Å². The number of nitrogens with two attached hydrogens (primary N) is 1. The van der Waals surface area contributed by atoms with E-state index in [4.69, 9.17) is 5.73 Å². The maximum Gasteiger partial charge on any atom is 0.264 e. The molecule has 0 aliphatic heterocycles. The van der Waals surface area contributed by atoms with Gasteiger partial charge in [0.05, 0.1) is 20.7 Å². The molecular weight excluding hydrogens is 354 g/mol. The molecule has 1 aliphatic rings. The predicted molar refractivity (Wildman–Crippen MR) is 87.3 cm³/mol. The Morgan fingerprint density at radius 3 is 2.67 bits per heavy atom. The van der Waals surface area contributed by atoms with Gasteiger partial charge < -0.3 is 16.0 Å². The van der Waals surface area contributed by atoms with Crippen molar-refractivity contribution in [3.05, 3.63) is 20.8 Å². The summed E-state index contributed by atoms with van der Waals surface area (Å²) in [6.07, 6.45) is 2.21. The molecule has 3 N–H and O–H groups in total. The number of nitrogens with one attached hydrogen (secondary N) is 1. The van der Waals surface area contributed by atoms with Gasteiger partial charge in [-0.15, -0.1) is 11.3 Å². The SMILES string of the molecule is CN(CC(=O)NC(C)(CN)C1CC1)C(=O)c1ccc(Br)s1. The van der Waals surface area contributed by atoms with E-state index in [2.05, 4.69) is 21.2 Å². The lowest BCUT2D eigenvalue weighted by atomic mass is 9.96. The molecule has 1 aromatic rings. The van der Waals surface area contributed by atoms with E-state index in [9.17, 15) is 9.59 Å². The molecule has 1 heterocycles. The molecule has 1 aliphatic carbocycles. The predicted octanol–water partition coefficient (Wildman–Crippen LogP) is 1.83. The number of likely N-dealkylation sites (N-methyl/N-ethyl adjacent to an activating group) is 1. The number of rotatable bonds is 6. The summed E-state index contributed by atoms with van der Waals surface area (Å²) < 4.78 is 0.896. The van der Waals surface area contributed by atoms with Crippen molar-refractivity contribution in [1.29, 1.82) is 0 Å². The minimum absolute atomic E-state index is 0.0384. The lowest BCUT2D eigenvalue weighted by molar-refractivity contribution is -0.123. The van der Waals surface area contributed by atoms with Crippen LogP contribution in [0.15, 0.2) is 15.9 Å². The van der Waals surface area contributed by atoms with E-state index in [0.29, 0.717) is 17.3 Å². The van der Waals surface area contributed by atoms with Crippen LogP contribution < -0.4 is 11.1 Å². The maximum atomic E-state index is 12.2. The topological polar surface area (TPSA) is 75.4 Å². The zero-order chi connectivity index (χ0) is 15.6. The largest absolute Gasteiger partial charge is 0.348 e. The zero-order valence-corrected chi connectivity index (χ0v) is 14.6. The first kappa shape index (κ1) is 16.5. The minimum atomic E-state index is -0.354. The van der Waals surface area contributed by atoms with Crippen molar-refractivity contribution >= 4 is 39.1 Å². The van der Waals surface area contributed by atoms with Crippen molar-refractivity contribution in [2.75, 3.05) is 20.1 Å². The third-order valence-corrected chi connectivity index (χ3v) is 5.45. The highest BCUT2D eigenvalue weighted by molar-refractivity contribution is 9.11. The molecule has 116 valence electrons. The van der Waals surface area contributed by atoms with Crippen LogP contribution in [0.3, 0.4) is 0 Å². The molecule has 0 bridgehead atoms. The fourth-order valence-corrected chi connectivity index (χ4v) is 3.68. The number of carbonyl (C=O) groups excluding carboxylic acids is 2. The normalized spacial score (nSPS) is 17.1. The summed E-state index contributed by atoms with van der Waals surface area (Å²) in [6, 6.07) is 3.57. The van der Waals surface area contributed by atoms with Crippen LogP contribution in [0.5, 0.6) is 0 Å². The third kappa shape index (κ3) is 4.05. The molecule has 1 fully saturated rings. The van der Waals surface area contributed by atoms with Gasteiger partial charge in [-0.3, -0.25) is 9.59 Å². The second-order valence-corrected chi connectivity index (χ2v) is 8.17. The molecule has 1 unspecified atom stereocenters. The molecule has 0 saturated heterocycles. The van der Waals surface area contributed by atoms with Gasteiger partial charge in [0.2, 0.25) is 5.91 Å². The van der Waals surface area contributed by atoms with Crippen LogP contribution in [-0.2, 0) is 4.79 Å². The van der Waals surface area contributed by atoms with Crippen molar-refractivity contribution in [2.45, 2.75) is 25.3 Å². The maximum absolute atomic E-state index is 12.2. The van der Waals surface area contributed by atoms with Crippen molar-refractivity contribution in [3.8, 4) is 0 Å². The highest BCUT2D eigenvalue weighted by atomic mass is 79.9. The minimum Gasteiger partial charge on any atom is -0.348 e. The Morgan fingerprint density at radius 1 is 1.52 bits per heavy atom. The molecule has 2 amide bonds. The number of thiophene rings is 1. The number of nitrogens with zero attached hydrogens (tertiary/aromatic N) is 1. The summed E-state index contributed by atoms with van der Waals surface area (Å²) in [5.41, 5.74) is 5.43. The molecule has 1 saturated carbocycles. The Kier molecular flexibility index (Phi) is 5.06. The standard InChI is InChI=1S/C14H20BrN3O2S/c1-14(8-16,9-3-4-9)17-12(19)7-18(2)13(20)10-5-6-11(15)21-10/h5-6,9H,3-4,7-8,16H2,1-2H3,(H,17,19). The first-order chi connectivity index (χ1) is 9.85. The van der Waals surface area contributed by atoms with E-state index in [1.54, 1.807) is 13.1 Å². The van der Waals surface area contributed by atoms with Gasteiger partial charge >= 0.3 is 0 Å². The molecule has 5 nitrogen and oxygen atoms in total. The van der Waals surface area contributed by atoms with E-state index < -0.39 is 0 Å². The van der Waals surface area contributed by atoms with Crippen molar-refractivity contribution < 1.29 is 9.59 Å². The average Bonchev–Trinajstić information content (AvgIpc) is 3.20. The van der Waals surface area contributed by atoms with Gasteiger partial charge in [-0.05, 0) is 53.7 Å². The van der Waals surface area contributed by atoms with Crippen LogP contribution in [0, 0.1) is 5.92 Å². The molecule has 21 heavy (non-hydrogen) atoms. The van der Waals surface area contributed by atoms with Crippen LogP contribution in [0.25, 0.3) is 0 Å². The first-order valence-electron chi connectivity index (χ1n) is 6.87. The van der Waals surface area contributed by atoms with Gasteiger partial charge in [-0.25, -0.2) is 0 Å². The van der Waals surface area contributed by atoms with Crippen molar-refractivity contribution in [2.24, 2.45) is 11.7 Å². The Labute approximate surface area is 137 Å². The molecule has 1 aromatic heterocycles.